The summed E-state index contributed by atoms with van der Waals surface area (Å²) in [5, 5.41) is 2.77. The molecule has 5 heteroatoms. The van der Waals surface area contributed by atoms with Crippen LogP contribution in [0.4, 0.5) is 11.4 Å². The van der Waals surface area contributed by atoms with Gasteiger partial charge in [-0.1, -0.05) is 18.2 Å². The predicted octanol–water partition coefficient (Wildman–Crippen LogP) is 2.24. The molecule has 0 aromatic heterocycles. The lowest BCUT2D eigenvalue weighted by molar-refractivity contribution is -0.139. The second-order valence-electron chi connectivity index (χ2n) is 4.53. The van der Waals surface area contributed by atoms with E-state index in [1.807, 2.05) is 0 Å². The molecule has 0 unspecified atom stereocenters. The number of rotatable bonds is 4. The van der Waals surface area contributed by atoms with Crippen LogP contribution in [0.2, 0.25) is 0 Å². The molecule has 0 heterocycles. The first-order valence-corrected chi connectivity index (χ1v) is 6.41. The summed E-state index contributed by atoms with van der Waals surface area (Å²) in [6, 6.07) is 13.8. The van der Waals surface area contributed by atoms with E-state index >= 15 is 0 Å². The van der Waals surface area contributed by atoms with Crippen LogP contribution in [0.15, 0.2) is 48.5 Å². The van der Waals surface area contributed by atoms with Crippen LogP contribution in [-0.4, -0.2) is 19.0 Å². The molecule has 21 heavy (non-hydrogen) atoms. The van der Waals surface area contributed by atoms with Gasteiger partial charge in [-0.3, -0.25) is 9.59 Å². The third-order valence-corrected chi connectivity index (χ3v) is 2.94. The number of esters is 1. The van der Waals surface area contributed by atoms with Crippen LogP contribution in [0.1, 0.15) is 15.9 Å². The number of nitrogens with one attached hydrogen (secondary N) is 1. The van der Waals surface area contributed by atoms with Crippen LogP contribution >= 0.6 is 0 Å². The minimum atomic E-state index is -0.299. The highest BCUT2D eigenvalue weighted by atomic mass is 16.5. The van der Waals surface area contributed by atoms with Gasteiger partial charge in [-0.15, -0.1) is 0 Å². The molecule has 0 atom stereocenters. The number of carbonyl (C=O) groups excluding carboxylic acids is 2. The Bertz CT molecular complexity index is 651. The summed E-state index contributed by atoms with van der Waals surface area (Å²) in [6.07, 6.45) is 0.208. The monoisotopic (exact) mass is 284 g/mol. The molecule has 2 aromatic carbocycles. The van der Waals surface area contributed by atoms with Crippen molar-refractivity contribution in [3.63, 3.8) is 0 Å². The smallest absolute Gasteiger partial charge is 0.309 e. The predicted molar refractivity (Wildman–Crippen MR) is 81.0 cm³/mol. The average molecular weight is 284 g/mol. The van der Waals surface area contributed by atoms with E-state index < -0.39 is 0 Å². The summed E-state index contributed by atoms with van der Waals surface area (Å²) in [6.45, 7) is 0. The largest absolute Gasteiger partial charge is 0.469 e. The van der Waals surface area contributed by atoms with Crippen molar-refractivity contribution in [3.05, 3.63) is 59.7 Å². The number of carbonyl (C=O) groups is 2. The molecule has 0 bridgehead atoms. The Labute approximate surface area is 122 Å². The summed E-state index contributed by atoms with van der Waals surface area (Å²) in [4.78, 5) is 23.2. The van der Waals surface area contributed by atoms with Crippen molar-refractivity contribution in [1.82, 2.24) is 0 Å². The van der Waals surface area contributed by atoms with Crippen LogP contribution < -0.4 is 11.1 Å². The zero-order valence-corrected chi connectivity index (χ0v) is 11.6. The fraction of sp³-hybridized carbons (Fsp3) is 0.125. The van der Waals surface area contributed by atoms with Gasteiger partial charge in [-0.05, 0) is 35.9 Å². The lowest BCUT2D eigenvalue weighted by Crippen LogP contribution is -2.12. The standard InChI is InChI=1S/C16H16N2O3/c1-21-15(19)9-11-5-7-14(8-6-11)18-16(20)12-3-2-4-13(17)10-12/h2-8,10H,9,17H2,1H3,(H,18,20). The summed E-state index contributed by atoms with van der Waals surface area (Å²) in [7, 11) is 1.35. The first-order valence-electron chi connectivity index (χ1n) is 6.41. The normalized spacial score (nSPS) is 9.95. The number of hydrogen-bond acceptors (Lipinski definition) is 4. The van der Waals surface area contributed by atoms with Crippen molar-refractivity contribution >= 4 is 23.3 Å². The molecule has 0 aliphatic heterocycles. The number of benzene rings is 2. The highest BCUT2D eigenvalue weighted by Crippen LogP contribution is 2.13. The van der Waals surface area contributed by atoms with E-state index in [0.717, 1.165) is 5.56 Å². The maximum atomic E-state index is 12.0. The summed E-state index contributed by atoms with van der Waals surface area (Å²) in [5.41, 5.74) is 8.15. The lowest BCUT2D eigenvalue weighted by atomic mass is 10.1. The molecule has 0 saturated carbocycles. The number of amides is 1. The molecule has 2 aromatic rings. The van der Waals surface area contributed by atoms with E-state index in [2.05, 4.69) is 10.1 Å². The third-order valence-electron chi connectivity index (χ3n) is 2.94. The van der Waals surface area contributed by atoms with Gasteiger partial charge in [-0.25, -0.2) is 0 Å². The number of hydrogen-bond donors (Lipinski definition) is 2. The van der Waals surface area contributed by atoms with Gasteiger partial charge >= 0.3 is 5.97 Å². The van der Waals surface area contributed by atoms with Gasteiger partial charge in [0.05, 0.1) is 13.5 Å². The zero-order chi connectivity index (χ0) is 15.2. The first-order chi connectivity index (χ1) is 10.1. The number of ether oxygens (including phenoxy) is 1. The Balaban J connectivity index is 2.03. The number of nitrogen functional groups attached to an aromatic ring is 1. The maximum absolute atomic E-state index is 12.0. The van der Waals surface area contributed by atoms with Crippen molar-refractivity contribution in [2.45, 2.75) is 6.42 Å². The molecule has 0 aliphatic carbocycles. The minimum Gasteiger partial charge on any atom is -0.469 e. The molecule has 3 N–H and O–H groups in total. The minimum absolute atomic E-state index is 0.208. The number of anilines is 2. The summed E-state index contributed by atoms with van der Waals surface area (Å²) >= 11 is 0. The van der Waals surface area contributed by atoms with Crippen LogP contribution in [0.25, 0.3) is 0 Å². The molecular formula is C16H16N2O3. The second-order valence-corrected chi connectivity index (χ2v) is 4.53. The Hall–Kier alpha value is -2.82. The highest BCUT2D eigenvalue weighted by molar-refractivity contribution is 6.04. The molecule has 0 fully saturated rings. The first kappa shape index (κ1) is 14.6. The van der Waals surface area contributed by atoms with Crippen molar-refractivity contribution in [1.29, 1.82) is 0 Å². The fourth-order valence-corrected chi connectivity index (χ4v) is 1.83. The molecule has 0 saturated heterocycles. The van der Waals surface area contributed by atoms with E-state index in [1.165, 1.54) is 7.11 Å². The Morgan fingerprint density at radius 1 is 1.14 bits per heavy atom. The number of nitrogens with two attached hydrogens (primary N) is 1. The third kappa shape index (κ3) is 4.07. The molecule has 0 aliphatic rings. The Morgan fingerprint density at radius 2 is 1.86 bits per heavy atom. The second kappa shape index (κ2) is 6.56. The van der Waals surface area contributed by atoms with E-state index in [0.29, 0.717) is 16.9 Å². The van der Waals surface area contributed by atoms with Gasteiger partial charge in [0.15, 0.2) is 0 Å². The van der Waals surface area contributed by atoms with Gasteiger partial charge < -0.3 is 15.8 Å². The molecule has 0 spiro atoms. The van der Waals surface area contributed by atoms with Crippen LogP contribution in [-0.2, 0) is 16.0 Å². The van der Waals surface area contributed by atoms with Crippen LogP contribution in [0, 0.1) is 0 Å². The molecule has 108 valence electrons. The summed E-state index contributed by atoms with van der Waals surface area (Å²) < 4.78 is 4.60. The van der Waals surface area contributed by atoms with Crippen LogP contribution in [0.3, 0.4) is 0 Å². The SMILES string of the molecule is COC(=O)Cc1ccc(NC(=O)c2cccc(N)c2)cc1. The van der Waals surface area contributed by atoms with Crippen molar-refractivity contribution in [2.24, 2.45) is 0 Å². The van der Waals surface area contributed by atoms with Gasteiger partial charge in [-0.2, -0.15) is 0 Å². The highest BCUT2D eigenvalue weighted by Gasteiger charge is 2.07. The number of methoxy groups -OCH3 is 1. The summed E-state index contributed by atoms with van der Waals surface area (Å²) in [5.74, 6) is -0.533. The van der Waals surface area contributed by atoms with Crippen molar-refractivity contribution in [3.8, 4) is 0 Å². The maximum Gasteiger partial charge on any atom is 0.309 e. The topological polar surface area (TPSA) is 81.4 Å². The van der Waals surface area contributed by atoms with E-state index in [4.69, 9.17) is 5.73 Å². The van der Waals surface area contributed by atoms with E-state index in [9.17, 15) is 9.59 Å². The van der Waals surface area contributed by atoms with Gasteiger partial charge in [0.1, 0.15) is 0 Å². The van der Waals surface area contributed by atoms with E-state index in [1.54, 1.807) is 48.5 Å². The quantitative estimate of drug-likeness (QED) is 0.666. The van der Waals surface area contributed by atoms with Gasteiger partial charge in [0.2, 0.25) is 0 Å². The molecule has 0 radical (unpaired) electrons. The van der Waals surface area contributed by atoms with Gasteiger partial charge in [0.25, 0.3) is 5.91 Å². The van der Waals surface area contributed by atoms with Gasteiger partial charge in [0, 0.05) is 16.9 Å². The molecule has 1 amide bonds. The Kier molecular flexibility index (Phi) is 4.56. The van der Waals surface area contributed by atoms with Crippen LogP contribution in [0.5, 0.6) is 0 Å². The zero-order valence-electron chi connectivity index (χ0n) is 11.6. The molecule has 2 rings (SSSR count). The van der Waals surface area contributed by atoms with Crippen molar-refractivity contribution < 1.29 is 14.3 Å². The lowest BCUT2D eigenvalue weighted by Gasteiger charge is -2.07. The molecule has 5 nitrogen and oxygen atoms in total. The van der Waals surface area contributed by atoms with Crippen molar-refractivity contribution in [2.75, 3.05) is 18.2 Å². The molecular weight excluding hydrogens is 268 g/mol. The Morgan fingerprint density at radius 3 is 2.48 bits per heavy atom. The van der Waals surface area contributed by atoms with E-state index in [-0.39, 0.29) is 18.3 Å². The fourth-order valence-electron chi connectivity index (χ4n) is 1.83. The average Bonchev–Trinajstić information content (AvgIpc) is 2.49.